The van der Waals surface area contributed by atoms with E-state index in [1.165, 1.54) is 0 Å². The molecule has 0 bridgehead atoms. The Morgan fingerprint density at radius 2 is 2.08 bits per heavy atom. The number of hydrogen-bond donors (Lipinski definition) is 0. The van der Waals surface area contributed by atoms with Crippen LogP contribution in [-0.2, 0) is 20.7 Å². The van der Waals surface area contributed by atoms with Gasteiger partial charge in [-0.05, 0) is 44.4 Å². The van der Waals surface area contributed by atoms with Crippen molar-refractivity contribution in [2.24, 2.45) is 0 Å². The van der Waals surface area contributed by atoms with Crippen molar-refractivity contribution in [2.45, 2.75) is 45.6 Å². The van der Waals surface area contributed by atoms with Crippen LogP contribution in [0.3, 0.4) is 0 Å². The summed E-state index contributed by atoms with van der Waals surface area (Å²) < 4.78 is 11.9. The van der Waals surface area contributed by atoms with Gasteiger partial charge in [0.25, 0.3) is 0 Å². The lowest BCUT2D eigenvalue weighted by molar-refractivity contribution is -0.143. The minimum Gasteiger partial charge on any atom is -0.481 e. The third-order valence-electron chi connectivity index (χ3n) is 3.96. The van der Waals surface area contributed by atoms with Gasteiger partial charge in [0.1, 0.15) is 5.78 Å². The largest absolute Gasteiger partial charge is 0.481 e. The number of Topliss-reactive ketones (excluding diaryl/α,β-unsaturated/α-hetero) is 1. The second-order valence-electron chi connectivity index (χ2n) is 6.00. The predicted octanol–water partition coefficient (Wildman–Crippen LogP) is 2.74. The van der Waals surface area contributed by atoms with E-state index in [1.807, 2.05) is 18.3 Å². The van der Waals surface area contributed by atoms with Gasteiger partial charge in [-0.3, -0.25) is 9.48 Å². The van der Waals surface area contributed by atoms with Crippen LogP contribution < -0.4 is 4.74 Å². The van der Waals surface area contributed by atoms with Crippen LogP contribution in [0.1, 0.15) is 50.4 Å². The first kappa shape index (κ1) is 19.6. The molecule has 0 aromatic carbocycles. The second kappa shape index (κ2) is 9.70. The fraction of sp³-hybridized carbons (Fsp3) is 0.474. The zero-order valence-electron chi connectivity index (χ0n) is 15.5. The van der Waals surface area contributed by atoms with E-state index < -0.39 is 0 Å². The fourth-order valence-corrected chi connectivity index (χ4v) is 2.65. The molecule has 0 radical (unpaired) electrons. The van der Waals surface area contributed by atoms with E-state index in [9.17, 15) is 9.59 Å². The third kappa shape index (κ3) is 5.68. The van der Waals surface area contributed by atoms with Gasteiger partial charge >= 0.3 is 5.97 Å². The Hall–Kier alpha value is -2.70. The summed E-state index contributed by atoms with van der Waals surface area (Å²) in [5, 5.41) is 4.58. The van der Waals surface area contributed by atoms with Gasteiger partial charge in [0, 0.05) is 24.9 Å². The SMILES string of the molecule is CCOC(=O)CC(c1ccc(OC)nc1)n1ccc(CCCC(C)=O)n1. The topological polar surface area (TPSA) is 83.3 Å². The van der Waals surface area contributed by atoms with E-state index in [-0.39, 0.29) is 24.2 Å². The van der Waals surface area contributed by atoms with Crippen LogP contribution in [0, 0.1) is 0 Å². The molecule has 1 atom stereocenters. The smallest absolute Gasteiger partial charge is 0.308 e. The first-order chi connectivity index (χ1) is 12.5. The van der Waals surface area contributed by atoms with Gasteiger partial charge in [0.2, 0.25) is 5.88 Å². The van der Waals surface area contributed by atoms with Gasteiger partial charge in [0.05, 0.1) is 31.9 Å². The van der Waals surface area contributed by atoms with Crippen LogP contribution in [-0.4, -0.2) is 40.2 Å². The van der Waals surface area contributed by atoms with Crippen molar-refractivity contribution < 1.29 is 19.1 Å². The lowest BCUT2D eigenvalue weighted by Gasteiger charge is -2.17. The Morgan fingerprint density at radius 3 is 2.69 bits per heavy atom. The number of hydrogen-bond acceptors (Lipinski definition) is 6. The number of pyridine rings is 1. The molecule has 0 saturated carbocycles. The molecule has 7 nitrogen and oxygen atoms in total. The highest BCUT2D eigenvalue weighted by molar-refractivity contribution is 5.75. The number of carbonyl (C=O) groups is 2. The highest BCUT2D eigenvalue weighted by atomic mass is 16.5. The van der Waals surface area contributed by atoms with E-state index in [2.05, 4.69) is 10.1 Å². The highest BCUT2D eigenvalue weighted by Crippen LogP contribution is 2.23. The summed E-state index contributed by atoms with van der Waals surface area (Å²) in [5.41, 5.74) is 1.74. The van der Waals surface area contributed by atoms with Gasteiger partial charge in [-0.25, -0.2) is 4.98 Å². The maximum atomic E-state index is 12.0. The van der Waals surface area contributed by atoms with E-state index in [0.29, 0.717) is 18.9 Å². The van der Waals surface area contributed by atoms with Crippen molar-refractivity contribution in [1.82, 2.24) is 14.8 Å². The molecule has 0 aliphatic heterocycles. The number of ketones is 1. The molecule has 2 aromatic heterocycles. The predicted molar refractivity (Wildman–Crippen MR) is 96.0 cm³/mol. The average molecular weight is 359 g/mol. The van der Waals surface area contributed by atoms with Crippen molar-refractivity contribution in [3.63, 3.8) is 0 Å². The Labute approximate surface area is 153 Å². The third-order valence-corrected chi connectivity index (χ3v) is 3.96. The summed E-state index contributed by atoms with van der Waals surface area (Å²) in [6.07, 6.45) is 5.72. The second-order valence-corrected chi connectivity index (χ2v) is 6.00. The molecule has 1 unspecified atom stereocenters. The number of carbonyl (C=O) groups excluding carboxylic acids is 2. The van der Waals surface area contributed by atoms with Gasteiger partial charge < -0.3 is 14.3 Å². The zero-order chi connectivity index (χ0) is 18.9. The van der Waals surface area contributed by atoms with Crippen LogP contribution in [0.5, 0.6) is 5.88 Å². The van der Waals surface area contributed by atoms with Crippen LogP contribution in [0.4, 0.5) is 0 Å². The summed E-state index contributed by atoms with van der Waals surface area (Å²) in [6.45, 7) is 3.70. The van der Waals surface area contributed by atoms with E-state index in [1.54, 1.807) is 37.9 Å². The van der Waals surface area contributed by atoms with Crippen LogP contribution in [0.2, 0.25) is 0 Å². The van der Waals surface area contributed by atoms with E-state index in [4.69, 9.17) is 9.47 Å². The maximum absolute atomic E-state index is 12.0. The molecule has 2 heterocycles. The monoisotopic (exact) mass is 359 g/mol. The van der Waals surface area contributed by atoms with E-state index in [0.717, 1.165) is 24.1 Å². The average Bonchev–Trinajstić information content (AvgIpc) is 3.08. The Bertz CT molecular complexity index is 725. The summed E-state index contributed by atoms with van der Waals surface area (Å²) >= 11 is 0. The molecule has 0 aliphatic rings. The van der Waals surface area contributed by atoms with Crippen LogP contribution >= 0.6 is 0 Å². The first-order valence-electron chi connectivity index (χ1n) is 8.72. The zero-order valence-corrected chi connectivity index (χ0v) is 15.5. The fourth-order valence-electron chi connectivity index (χ4n) is 2.65. The number of nitrogens with zero attached hydrogens (tertiary/aromatic N) is 3. The lowest BCUT2D eigenvalue weighted by atomic mass is 10.1. The molecular formula is C19H25N3O4. The number of esters is 1. The molecule has 7 heteroatoms. The van der Waals surface area contributed by atoms with Gasteiger partial charge in [-0.2, -0.15) is 5.10 Å². The molecule has 0 saturated heterocycles. The number of aryl methyl sites for hydroxylation is 1. The van der Waals surface area contributed by atoms with Crippen molar-refractivity contribution >= 4 is 11.8 Å². The molecule has 2 aromatic rings. The van der Waals surface area contributed by atoms with Crippen molar-refractivity contribution in [2.75, 3.05) is 13.7 Å². The molecule has 2 rings (SSSR count). The number of methoxy groups -OCH3 is 1. The molecule has 140 valence electrons. The maximum Gasteiger partial charge on any atom is 0.308 e. The first-order valence-corrected chi connectivity index (χ1v) is 8.72. The standard InChI is InChI=1S/C19H25N3O4/c1-4-26-19(24)12-17(15-8-9-18(25-3)20-13-15)22-11-10-16(21-22)7-5-6-14(2)23/h8-11,13,17H,4-7,12H2,1-3H3. The van der Waals surface area contributed by atoms with Crippen LogP contribution in [0.25, 0.3) is 0 Å². The number of ether oxygens (including phenoxy) is 2. The molecule has 0 spiro atoms. The molecule has 0 amide bonds. The minimum atomic E-state index is -0.311. The van der Waals surface area contributed by atoms with Gasteiger partial charge in [0.15, 0.2) is 0 Å². The molecular weight excluding hydrogens is 334 g/mol. The molecule has 0 fully saturated rings. The molecule has 26 heavy (non-hydrogen) atoms. The Morgan fingerprint density at radius 1 is 1.27 bits per heavy atom. The minimum absolute atomic E-state index is 0.163. The molecule has 0 N–H and O–H groups in total. The Balaban J connectivity index is 2.18. The summed E-state index contributed by atoms with van der Waals surface area (Å²) in [7, 11) is 1.55. The summed E-state index contributed by atoms with van der Waals surface area (Å²) in [5.74, 6) is 0.393. The summed E-state index contributed by atoms with van der Waals surface area (Å²) in [4.78, 5) is 27.3. The number of aromatic nitrogens is 3. The lowest BCUT2D eigenvalue weighted by Crippen LogP contribution is -2.18. The normalized spacial score (nSPS) is 11.8. The summed E-state index contributed by atoms with van der Waals surface area (Å²) in [6, 6.07) is 5.22. The van der Waals surface area contributed by atoms with Gasteiger partial charge in [-0.15, -0.1) is 0 Å². The Kier molecular flexibility index (Phi) is 7.32. The van der Waals surface area contributed by atoms with Crippen molar-refractivity contribution in [1.29, 1.82) is 0 Å². The molecule has 0 aliphatic carbocycles. The van der Waals surface area contributed by atoms with E-state index >= 15 is 0 Å². The quantitative estimate of drug-likeness (QED) is 0.607. The van der Waals surface area contributed by atoms with Gasteiger partial charge in [-0.1, -0.05) is 0 Å². The van der Waals surface area contributed by atoms with Crippen molar-refractivity contribution in [3.05, 3.63) is 41.9 Å². The highest BCUT2D eigenvalue weighted by Gasteiger charge is 2.20. The van der Waals surface area contributed by atoms with Crippen LogP contribution in [0.15, 0.2) is 30.6 Å². The van der Waals surface area contributed by atoms with Crippen molar-refractivity contribution in [3.8, 4) is 5.88 Å². The number of rotatable bonds is 10.